The van der Waals surface area contributed by atoms with Crippen molar-refractivity contribution in [2.24, 2.45) is 0 Å². The molecule has 4 N–H and O–H groups in total. The summed E-state index contributed by atoms with van der Waals surface area (Å²) in [5.41, 5.74) is 6.89. The molecule has 0 bridgehead atoms. The molecule has 1 aromatic heterocycles. The number of H-pyrrole nitrogens is 1. The maximum Gasteiger partial charge on any atom is 0.349 e. The van der Waals surface area contributed by atoms with Crippen molar-refractivity contribution in [1.82, 2.24) is 4.98 Å². The van der Waals surface area contributed by atoms with E-state index in [1.54, 1.807) is 49.6 Å². The van der Waals surface area contributed by atoms with Gasteiger partial charge in [0.05, 0.1) is 44.0 Å². The monoisotopic (exact) mass is 442 g/mol. The van der Waals surface area contributed by atoms with Gasteiger partial charge in [-0.15, -0.1) is 0 Å². The Bertz CT molecular complexity index is 1150. The van der Waals surface area contributed by atoms with E-state index in [2.05, 4.69) is 15.3 Å². The van der Waals surface area contributed by atoms with Crippen LogP contribution < -0.4 is 25.7 Å². The Balaban J connectivity index is 1.82. The summed E-state index contributed by atoms with van der Waals surface area (Å²) >= 11 is 0. The summed E-state index contributed by atoms with van der Waals surface area (Å²) in [6.07, 6.45) is 0. The molecule has 10 heteroatoms. The normalized spacial score (nSPS) is 14.3. The van der Waals surface area contributed by atoms with Gasteiger partial charge in [0.25, 0.3) is 0 Å². The number of nitrogens with one attached hydrogen (secondary N) is 2. The summed E-state index contributed by atoms with van der Waals surface area (Å²) < 4.78 is 37.4. The zero-order valence-electron chi connectivity index (χ0n) is 17.0. The van der Waals surface area contributed by atoms with Crippen molar-refractivity contribution in [2.75, 3.05) is 49.4 Å². The van der Waals surface area contributed by atoms with Crippen molar-refractivity contribution in [3.63, 3.8) is 0 Å². The SMILES string of the molecule is COc1ccc(Nc2[nH+]c(N3CCOCC3)nc(N)c2S(=O)(=O)c2ccccc2)cc1. The van der Waals surface area contributed by atoms with Crippen molar-refractivity contribution >= 4 is 33.1 Å². The van der Waals surface area contributed by atoms with Gasteiger partial charge in [-0.25, -0.2) is 13.4 Å². The molecule has 0 unspecified atom stereocenters. The van der Waals surface area contributed by atoms with Crippen LogP contribution in [0.15, 0.2) is 64.4 Å². The van der Waals surface area contributed by atoms with Crippen molar-refractivity contribution in [3.05, 3.63) is 54.6 Å². The summed E-state index contributed by atoms with van der Waals surface area (Å²) in [4.78, 5) is 9.50. The molecule has 1 saturated heterocycles. The maximum absolute atomic E-state index is 13.4. The van der Waals surface area contributed by atoms with E-state index in [9.17, 15) is 8.42 Å². The highest BCUT2D eigenvalue weighted by molar-refractivity contribution is 7.91. The van der Waals surface area contributed by atoms with Gasteiger partial charge in [-0.3, -0.25) is 10.2 Å². The van der Waals surface area contributed by atoms with Gasteiger partial charge >= 0.3 is 5.95 Å². The van der Waals surface area contributed by atoms with E-state index < -0.39 is 9.84 Å². The molecule has 9 nitrogen and oxygen atoms in total. The first-order valence-corrected chi connectivity index (χ1v) is 11.2. The van der Waals surface area contributed by atoms with Gasteiger partial charge in [-0.1, -0.05) is 23.2 Å². The first-order chi connectivity index (χ1) is 15.0. The fourth-order valence-electron chi connectivity index (χ4n) is 3.31. The smallest absolute Gasteiger partial charge is 0.349 e. The molecule has 0 spiro atoms. The quantitative estimate of drug-likeness (QED) is 0.594. The van der Waals surface area contributed by atoms with Crippen LogP contribution in [0.4, 0.5) is 23.3 Å². The van der Waals surface area contributed by atoms with Crippen LogP contribution in [0, 0.1) is 0 Å². The zero-order chi connectivity index (χ0) is 21.8. The highest BCUT2D eigenvalue weighted by Gasteiger charge is 2.32. The second-order valence-electron chi connectivity index (χ2n) is 6.92. The van der Waals surface area contributed by atoms with Gasteiger partial charge in [-0.05, 0) is 36.4 Å². The summed E-state index contributed by atoms with van der Waals surface area (Å²) in [6.45, 7) is 2.35. The lowest BCUT2D eigenvalue weighted by Crippen LogP contribution is -2.41. The van der Waals surface area contributed by atoms with Crippen molar-refractivity contribution in [2.45, 2.75) is 9.79 Å². The summed E-state index contributed by atoms with van der Waals surface area (Å²) in [7, 11) is -2.35. The average Bonchev–Trinajstić information content (AvgIpc) is 2.80. The van der Waals surface area contributed by atoms with Gasteiger partial charge in [0.2, 0.25) is 21.5 Å². The Morgan fingerprint density at radius 2 is 1.77 bits per heavy atom. The molecule has 2 aromatic carbocycles. The molecule has 1 fully saturated rings. The largest absolute Gasteiger partial charge is 0.497 e. The summed E-state index contributed by atoms with van der Waals surface area (Å²) in [5, 5.41) is 3.15. The number of hydrogen-bond acceptors (Lipinski definition) is 8. The molecule has 0 aliphatic carbocycles. The van der Waals surface area contributed by atoms with Crippen LogP contribution in [-0.2, 0) is 14.6 Å². The lowest BCUT2D eigenvalue weighted by Gasteiger charge is -2.23. The molecule has 0 atom stereocenters. The third kappa shape index (κ3) is 4.39. The first kappa shape index (κ1) is 20.9. The zero-order valence-corrected chi connectivity index (χ0v) is 17.9. The van der Waals surface area contributed by atoms with E-state index in [1.807, 2.05) is 4.90 Å². The van der Waals surface area contributed by atoms with Gasteiger partial charge in [-0.2, -0.15) is 0 Å². The Morgan fingerprint density at radius 3 is 2.42 bits per heavy atom. The van der Waals surface area contributed by atoms with Crippen LogP contribution >= 0.6 is 0 Å². The van der Waals surface area contributed by atoms with E-state index >= 15 is 0 Å². The topological polar surface area (TPSA) is 121 Å². The van der Waals surface area contributed by atoms with E-state index in [4.69, 9.17) is 15.2 Å². The van der Waals surface area contributed by atoms with Crippen LogP contribution in [0.2, 0.25) is 0 Å². The van der Waals surface area contributed by atoms with Gasteiger partial charge in [0, 0.05) is 0 Å². The van der Waals surface area contributed by atoms with Crippen molar-refractivity contribution < 1.29 is 22.9 Å². The van der Waals surface area contributed by atoms with E-state index in [1.165, 1.54) is 12.1 Å². The maximum atomic E-state index is 13.4. The predicted octanol–water partition coefficient (Wildman–Crippen LogP) is 1.90. The molecule has 2 heterocycles. The Labute approximate surface area is 180 Å². The lowest BCUT2D eigenvalue weighted by atomic mass is 10.3. The number of ether oxygens (including phenoxy) is 2. The molecule has 1 aliphatic heterocycles. The number of methoxy groups -OCH3 is 1. The number of nitrogens with two attached hydrogens (primary N) is 1. The Morgan fingerprint density at radius 1 is 1.10 bits per heavy atom. The number of nitrogens with zero attached hydrogens (tertiary/aromatic N) is 2. The second-order valence-corrected chi connectivity index (χ2v) is 8.81. The first-order valence-electron chi connectivity index (χ1n) is 9.76. The molecule has 0 amide bonds. The van der Waals surface area contributed by atoms with Gasteiger partial charge in [0.1, 0.15) is 5.75 Å². The molecular formula is C21H24N5O4S+. The van der Waals surface area contributed by atoms with Crippen LogP contribution in [0.1, 0.15) is 0 Å². The number of rotatable bonds is 6. The third-order valence-corrected chi connectivity index (χ3v) is 6.76. The minimum atomic E-state index is -3.93. The highest BCUT2D eigenvalue weighted by atomic mass is 32.2. The number of sulfone groups is 1. The molecular weight excluding hydrogens is 418 g/mol. The predicted molar refractivity (Wildman–Crippen MR) is 116 cm³/mol. The third-order valence-electron chi connectivity index (χ3n) is 4.92. The number of aromatic amines is 1. The second kappa shape index (κ2) is 8.78. The van der Waals surface area contributed by atoms with Gasteiger partial charge < -0.3 is 15.2 Å². The van der Waals surface area contributed by atoms with Crippen molar-refractivity contribution in [3.8, 4) is 5.75 Å². The lowest BCUT2D eigenvalue weighted by molar-refractivity contribution is -0.353. The average molecular weight is 443 g/mol. The number of morpholine rings is 1. The van der Waals surface area contributed by atoms with Crippen LogP contribution in [0.3, 0.4) is 0 Å². The highest BCUT2D eigenvalue weighted by Crippen LogP contribution is 2.32. The van der Waals surface area contributed by atoms with E-state index in [0.29, 0.717) is 43.7 Å². The van der Waals surface area contributed by atoms with Crippen molar-refractivity contribution in [1.29, 1.82) is 0 Å². The molecule has 3 aromatic rings. The van der Waals surface area contributed by atoms with Gasteiger partial charge in [0.15, 0.2) is 4.90 Å². The molecule has 0 saturated carbocycles. The number of aromatic nitrogens is 2. The molecule has 4 rings (SSSR count). The fraction of sp³-hybridized carbons (Fsp3) is 0.238. The number of nitrogen functional groups attached to an aromatic ring is 1. The van der Waals surface area contributed by atoms with Crippen LogP contribution in [0.5, 0.6) is 5.75 Å². The number of hydrogen-bond donors (Lipinski definition) is 2. The minimum Gasteiger partial charge on any atom is -0.497 e. The Hall–Kier alpha value is -3.37. The molecule has 31 heavy (non-hydrogen) atoms. The molecule has 1 aliphatic rings. The number of benzene rings is 2. The van der Waals surface area contributed by atoms with Crippen LogP contribution in [0.25, 0.3) is 0 Å². The standard InChI is InChI=1S/C21H23N5O4S/c1-29-16-9-7-15(8-10-16)23-20-18(31(27,28)17-5-3-2-4-6-17)19(22)24-21(25-20)26-11-13-30-14-12-26/h2-10H,11-14H2,1H3,(H3,22,23,24,25)/p+1. The summed E-state index contributed by atoms with van der Waals surface area (Å²) in [6, 6.07) is 15.3. The van der Waals surface area contributed by atoms with Crippen LogP contribution in [-0.4, -0.2) is 46.8 Å². The fourth-order valence-corrected chi connectivity index (χ4v) is 4.75. The molecule has 0 radical (unpaired) electrons. The summed E-state index contributed by atoms with van der Waals surface area (Å²) in [5.74, 6) is 1.32. The van der Waals surface area contributed by atoms with E-state index in [0.717, 1.165) is 0 Å². The molecule has 162 valence electrons. The van der Waals surface area contributed by atoms with E-state index in [-0.39, 0.29) is 21.4 Å². The number of anilines is 4. The Kier molecular flexibility index (Phi) is 5.92. The minimum absolute atomic E-state index is 0.0832.